The number of rotatable bonds is 6. The SMILES string of the molecule is CCOP(=O)(OCC)[C@@](C)(N)CC. The maximum Gasteiger partial charge on any atom is 0.349 e. The van der Waals surface area contributed by atoms with Crippen LogP contribution < -0.4 is 5.73 Å². The Bertz CT molecular complexity index is 184. The molecule has 0 aromatic heterocycles. The smallest absolute Gasteiger partial charge is 0.315 e. The van der Waals surface area contributed by atoms with Crippen molar-refractivity contribution in [1.29, 1.82) is 0 Å². The summed E-state index contributed by atoms with van der Waals surface area (Å²) < 4.78 is 22.4. The van der Waals surface area contributed by atoms with E-state index in [0.717, 1.165) is 0 Å². The third-order valence-electron chi connectivity index (χ3n) is 1.94. The molecule has 0 saturated heterocycles. The summed E-state index contributed by atoms with van der Waals surface area (Å²) in [6.07, 6.45) is 0.560. The summed E-state index contributed by atoms with van der Waals surface area (Å²) in [5, 5.41) is -0.890. The fourth-order valence-corrected chi connectivity index (χ4v) is 2.60. The van der Waals surface area contributed by atoms with Crippen molar-refractivity contribution in [3.63, 3.8) is 0 Å². The van der Waals surface area contributed by atoms with Gasteiger partial charge in [0.15, 0.2) is 0 Å². The van der Waals surface area contributed by atoms with Gasteiger partial charge in [-0.05, 0) is 27.2 Å². The zero-order valence-corrected chi connectivity index (χ0v) is 9.77. The van der Waals surface area contributed by atoms with Crippen LogP contribution in [0.5, 0.6) is 0 Å². The second-order valence-corrected chi connectivity index (χ2v) is 5.58. The number of hydrogen-bond donors (Lipinski definition) is 1. The summed E-state index contributed by atoms with van der Waals surface area (Å²) in [5.74, 6) is 0. The molecular weight excluding hydrogens is 189 g/mol. The zero-order chi connectivity index (χ0) is 10.5. The highest BCUT2D eigenvalue weighted by Gasteiger charge is 2.42. The number of nitrogens with two attached hydrogens (primary N) is 1. The molecule has 0 aliphatic heterocycles. The van der Waals surface area contributed by atoms with Crippen LogP contribution in [0, 0.1) is 0 Å². The molecule has 0 saturated carbocycles. The van der Waals surface area contributed by atoms with Crippen LogP contribution in [0.1, 0.15) is 34.1 Å². The Morgan fingerprint density at radius 3 is 1.85 bits per heavy atom. The predicted molar refractivity (Wildman–Crippen MR) is 53.7 cm³/mol. The quantitative estimate of drug-likeness (QED) is 0.682. The van der Waals surface area contributed by atoms with E-state index in [0.29, 0.717) is 19.6 Å². The lowest BCUT2D eigenvalue weighted by atomic mass is 10.3. The normalized spacial score (nSPS) is 17.0. The van der Waals surface area contributed by atoms with E-state index in [2.05, 4.69) is 0 Å². The highest BCUT2D eigenvalue weighted by molar-refractivity contribution is 7.55. The van der Waals surface area contributed by atoms with Gasteiger partial charge in [0.05, 0.1) is 13.2 Å². The van der Waals surface area contributed by atoms with Crippen LogP contribution in [0.4, 0.5) is 0 Å². The second-order valence-electron chi connectivity index (χ2n) is 3.04. The van der Waals surface area contributed by atoms with Gasteiger partial charge in [0.2, 0.25) is 0 Å². The van der Waals surface area contributed by atoms with E-state index in [9.17, 15) is 4.57 Å². The zero-order valence-electron chi connectivity index (χ0n) is 8.87. The van der Waals surface area contributed by atoms with Crippen molar-refractivity contribution >= 4 is 7.60 Å². The summed E-state index contributed by atoms with van der Waals surface area (Å²) in [6.45, 7) is 7.81. The van der Waals surface area contributed by atoms with E-state index in [4.69, 9.17) is 14.8 Å². The van der Waals surface area contributed by atoms with E-state index in [1.165, 1.54) is 0 Å². The van der Waals surface area contributed by atoms with Gasteiger partial charge in [0.25, 0.3) is 0 Å². The lowest BCUT2D eigenvalue weighted by Crippen LogP contribution is -2.36. The summed E-state index contributed by atoms with van der Waals surface area (Å²) in [7, 11) is -3.14. The molecule has 0 bridgehead atoms. The van der Waals surface area contributed by atoms with Gasteiger partial charge in [-0.15, -0.1) is 0 Å². The van der Waals surface area contributed by atoms with E-state index in [-0.39, 0.29) is 0 Å². The van der Waals surface area contributed by atoms with Crippen molar-refractivity contribution in [1.82, 2.24) is 0 Å². The van der Waals surface area contributed by atoms with E-state index in [1.807, 2.05) is 6.92 Å². The maximum atomic E-state index is 12.1. The minimum Gasteiger partial charge on any atom is -0.315 e. The molecule has 0 aliphatic carbocycles. The Labute approximate surface area is 80.3 Å². The Kier molecular flexibility index (Phi) is 5.15. The van der Waals surface area contributed by atoms with Gasteiger partial charge >= 0.3 is 7.60 Å². The Morgan fingerprint density at radius 1 is 1.23 bits per heavy atom. The monoisotopic (exact) mass is 209 g/mol. The van der Waals surface area contributed by atoms with Crippen molar-refractivity contribution < 1.29 is 13.6 Å². The van der Waals surface area contributed by atoms with Crippen molar-refractivity contribution in [3.8, 4) is 0 Å². The van der Waals surface area contributed by atoms with Crippen molar-refractivity contribution in [3.05, 3.63) is 0 Å². The summed E-state index contributed by atoms with van der Waals surface area (Å²) in [4.78, 5) is 0. The van der Waals surface area contributed by atoms with E-state index in [1.54, 1.807) is 20.8 Å². The van der Waals surface area contributed by atoms with Crippen molar-refractivity contribution in [2.45, 2.75) is 39.4 Å². The van der Waals surface area contributed by atoms with Crippen LogP contribution in [0.3, 0.4) is 0 Å². The molecule has 0 spiro atoms. The van der Waals surface area contributed by atoms with Gasteiger partial charge in [0.1, 0.15) is 5.28 Å². The highest BCUT2D eigenvalue weighted by Crippen LogP contribution is 2.58. The van der Waals surface area contributed by atoms with Crippen molar-refractivity contribution in [2.24, 2.45) is 5.73 Å². The topological polar surface area (TPSA) is 61.5 Å². The Balaban J connectivity index is 4.67. The molecule has 0 unspecified atom stereocenters. The van der Waals surface area contributed by atoms with Crippen LogP contribution in [0.2, 0.25) is 0 Å². The van der Waals surface area contributed by atoms with E-state index < -0.39 is 12.9 Å². The molecule has 1 atom stereocenters. The molecule has 0 aromatic carbocycles. The van der Waals surface area contributed by atoms with Gasteiger partial charge < -0.3 is 14.8 Å². The minimum absolute atomic E-state index is 0.351. The first kappa shape index (κ1) is 13.1. The Morgan fingerprint density at radius 2 is 1.62 bits per heavy atom. The summed E-state index contributed by atoms with van der Waals surface area (Å²) in [6, 6.07) is 0. The first-order valence-electron chi connectivity index (χ1n) is 4.61. The fourth-order valence-electron chi connectivity index (χ4n) is 0.866. The molecule has 0 aromatic rings. The standard InChI is InChI=1S/C8H20NO3P/c1-5-8(4,9)13(10,11-6-2)12-7-3/h5-7,9H2,1-4H3/t8-/m1/s1. The number of hydrogen-bond acceptors (Lipinski definition) is 4. The molecule has 80 valence electrons. The first-order chi connectivity index (χ1) is 5.93. The molecular formula is C8H20NO3P. The first-order valence-corrected chi connectivity index (χ1v) is 6.15. The van der Waals surface area contributed by atoms with E-state index >= 15 is 0 Å². The molecule has 4 nitrogen and oxygen atoms in total. The molecule has 0 fully saturated rings. The van der Waals surface area contributed by atoms with Gasteiger partial charge in [-0.2, -0.15) is 0 Å². The van der Waals surface area contributed by atoms with Crippen LogP contribution in [-0.2, 0) is 13.6 Å². The lowest BCUT2D eigenvalue weighted by molar-refractivity contribution is 0.197. The molecule has 5 heteroatoms. The molecule has 2 N–H and O–H groups in total. The van der Waals surface area contributed by atoms with Crippen LogP contribution >= 0.6 is 7.60 Å². The molecule has 0 radical (unpaired) electrons. The molecule has 0 amide bonds. The predicted octanol–water partition coefficient (Wildman–Crippen LogP) is 2.34. The summed E-state index contributed by atoms with van der Waals surface area (Å²) >= 11 is 0. The molecule has 0 aliphatic rings. The third kappa shape index (κ3) is 3.06. The van der Waals surface area contributed by atoms with Gasteiger partial charge in [-0.3, -0.25) is 4.57 Å². The van der Waals surface area contributed by atoms with Crippen LogP contribution in [0.25, 0.3) is 0 Å². The highest BCUT2D eigenvalue weighted by atomic mass is 31.2. The van der Waals surface area contributed by atoms with Gasteiger partial charge in [-0.25, -0.2) is 0 Å². The average Bonchev–Trinajstić information content (AvgIpc) is 2.05. The van der Waals surface area contributed by atoms with Gasteiger partial charge in [0, 0.05) is 0 Å². The molecule has 0 rings (SSSR count). The molecule has 0 heterocycles. The fraction of sp³-hybridized carbons (Fsp3) is 1.00. The lowest BCUT2D eigenvalue weighted by Gasteiger charge is -2.31. The van der Waals surface area contributed by atoms with Crippen LogP contribution in [0.15, 0.2) is 0 Å². The van der Waals surface area contributed by atoms with Crippen LogP contribution in [-0.4, -0.2) is 18.5 Å². The second kappa shape index (κ2) is 5.11. The van der Waals surface area contributed by atoms with Crippen molar-refractivity contribution in [2.75, 3.05) is 13.2 Å². The average molecular weight is 209 g/mol. The Hall–Kier alpha value is 0.110. The molecule has 13 heavy (non-hydrogen) atoms. The maximum absolute atomic E-state index is 12.1. The van der Waals surface area contributed by atoms with Gasteiger partial charge in [-0.1, -0.05) is 6.92 Å². The minimum atomic E-state index is -3.14. The largest absolute Gasteiger partial charge is 0.349 e. The third-order valence-corrected chi connectivity index (χ3v) is 4.70. The summed E-state index contributed by atoms with van der Waals surface area (Å²) in [5.41, 5.74) is 5.85.